The standard InChI is InChI=1S/C19H16N4O6P2/c24-30(25,26)21-22-17-12-7-3-6-11-13(12)8-9-4-1-2-5-10(9)14(11)15-16-18(17)23(22,19(15)20-16)31(27,28)29/h1-8,15-18H,(H4-,21,24,25,26,27,28,29)/p+1. The van der Waals surface area contributed by atoms with Crippen LogP contribution in [0.2, 0.25) is 0 Å². The van der Waals surface area contributed by atoms with Crippen LogP contribution in [0.15, 0.2) is 53.5 Å². The predicted molar refractivity (Wildman–Crippen MR) is 111 cm³/mol. The first-order valence-corrected chi connectivity index (χ1v) is 12.9. The van der Waals surface area contributed by atoms with Crippen molar-refractivity contribution in [3.05, 3.63) is 59.7 Å². The topological polar surface area (TPSA) is 143 Å². The number of nitrogens with one attached hydrogen (secondary N) is 1. The Morgan fingerprint density at radius 2 is 1.71 bits per heavy atom. The van der Waals surface area contributed by atoms with Crippen LogP contribution in [0.3, 0.4) is 0 Å². The van der Waals surface area contributed by atoms with E-state index in [0.717, 1.165) is 37.8 Å². The van der Waals surface area contributed by atoms with Crippen LogP contribution >= 0.6 is 15.5 Å². The smallest absolute Gasteiger partial charge is 0.312 e. The fourth-order valence-electron chi connectivity index (χ4n) is 6.26. The molecule has 2 saturated heterocycles. The van der Waals surface area contributed by atoms with Crippen LogP contribution in [0.5, 0.6) is 0 Å². The van der Waals surface area contributed by atoms with Gasteiger partial charge in [0.2, 0.25) is 5.84 Å². The number of rotatable bonds is 3. The highest BCUT2D eigenvalue weighted by Crippen LogP contribution is 2.74. The Labute approximate surface area is 175 Å². The maximum atomic E-state index is 12.9. The molecule has 0 aromatic heterocycles. The van der Waals surface area contributed by atoms with E-state index in [1.165, 1.54) is 0 Å². The molecule has 8 bridgehead atoms. The van der Waals surface area contributed by atoms with Crippen LogP contribution in [0.1, 0.15) is 23.1 Å². The summed E-state index contributed by atoms with van der Waals surface area (Å²) in [5.74, 6) is -0.0894. The third kappa shape index (κ3) is 1.94. The molecule has 10 nitrogen and oxygen atoms in total. The highest BCUT2D eigenvalue weighted by Gasteiger charge is 2.87. The van der Waals surface area contributed by atoms with Crippen molar-refractivity contribution in [1.29, 1.82) is 0 Å². The average Bonchev–Trinajstić information content (AvgIpc) is 3.10. The quantitative estimate of drug-likeness (QED) is 0.296. The number of amidine groups is 1. The molecule has 1 aliphatic carbocycles. The monoisotopic (exact) mass is 459 g/mol. The van der Waals surface area contributed by atoms with Gasteiger partial charge in [-0.15, -0.1) is 5.20 Å². The van der Waals surface area contributed by atoms with Crippen molar-refractivity contribution in [2.24, 2.45) is 4.99 Å². The summed E-state index contributed by atoms with van der Waals surface area (Å²) in [5, 5.41) is 7.04. The van der Waals surface area contributed by atoms with Gasteiger partial charge in [-0.3, -0.25) is 9.79 Å². The lowest BCUT2D eigenvalue weighted by Crippen LogP contribution is -2.78. The summed E-state index contributed by atoms with van der Waals surface area (Å²) in [6.45, 7) is 0. The first-order chi connectivity index (χ1) is 14.6. The molecule has 31 heavy (non-hydrogen) atoms. The molecular formula is C19H17N4O6P2+. The number of quaternary nitrogens is 1. The van der Waals surface area contributed by atoms with E-state index in [4.69, 9.17) is 0 Å². The molecule has 5 unspecified atom stereocenters. The van der Waals surface area contributed by atoms with Crippen molar-refractivity contribution in [2.45, 2.75) is 24.0 Å². The van der Waals surface area contributed by atoms with Crippen LogP contribution in [-0.2, 0) is 9.13 Å². The van der Waals surface area contributed by atoms with E-state index in [1.54, 1.807) is 0 Å². The molecule has 7 rings (SSSR count). The molecule has 3 aliphatic heterocycles. The number of hydrazine groups is 1. The van der Waals surface area contributed by atoms with E-state index in [2.05, 4.69) is 10.2 Å². The molecule has 0 spiro atoms. The molecule has 5 atom stereocenters. The number of aliphatic imine (C=N–C) groups is 1. The lowest BCUT2D eigenvalue weighted by molar-refractivity contribution is -0.952. The van der Waals surface area contributed by atoms with Crippen LogP contribution in [0.4, 0.5) is 0 Å². The number of hydrogen-bond donors (Lipinski definition) is 5. The Balaban J connectivity index is 1.62. The van der Waals surface area contributed by atoms with Crippen molar-refractivity contribution in [3.63, 3.8) is 0 Å². The molecule has 158 valence electrons. The minimum atomic E-state index is -4.94. The molecule has 2 fully saturated rings. The maximum Gasteiger partial charge on any atom is 0.553 e. The van der Waals surface area contributed by atoms with E-state index >= 15 is 0 Å². The summed E-state index contributed by atoms with van der Waals surface area (Å²) in [4.78, 5) is 44.9. The normalized spacial score (nSPS) is 33.1. The summed E-state index contributed by atoms with van der Waals surface area (Å²) in [6.07, 6.45) is 0. The first kappa shape index (κ1) is 18.6. The average molecular weight is 459 g/mol. The van der Waals surface area contributed by atoms with Gasteiger partial charge in [-0.2, -0.15) is 4.57 Å². The molecule has 12 heteroatoms. The Hall–Kier alpha value is -1.97. The van der Waals surface area contributed by atoms with Crippen LogP contribution in [0.25, 0.3) is 21.5 Å². The fraction of sp³-hybridized carbons (Fsp3) is 0.211. The van der Waals surface area contributed by atoms with Crippen LogP contribution in [-0.4, -0.2) is 47.0 Å². The molecular weight excluding hydrogens is 442 g/mol. The fourth-order valence-corrected chi connectivity index (χ4v) is 8.33. The van der Waals surface area contributed by atoms with Gasteiger partial charge in [-0.25, -0.2) is 9.56 Å². The molecule has 3 aromatic rings. The van der Waals surface area contributed by atoms with E-state index in [0.29, 0.717) is 0 Å². The van der Waals surface area contributed by atoms with Gasteiger partial charge in [-0.05, 0) is 43.9 Å². The largest absolute Gasteiger partial charge is 0.553 e. The van der Waals surface area contributed by atoms with Crippen molar-refractivity contribution in [1.82, 2.24) is 10.3 Å². The number of fused-ring (bicyclic) bond motifs is 4. The van der Waals surface area contributed by atoms with Crippen molar-refractivity contribution >= 4 is 42.9 Å². The van der Waals surface area contributed by atoms with Crippen molar-refractivity contribution < 1.29 is 33.1 Å². The van der Waals surface area contributed by atoms with Crippen molar-refractivity contribution in [2.75, 3.05) is 0 Å². The van der Waals surface area contributed by atoms with Gasteiger partial charge in [0.15, 0.2) is 12.1 Å². The molecule has 4 aliphatic rings. The van der Waals surface area contributed by atoms with Crippen molar-refractivity contribution in [3.8, 4) is 0 Å². The van der Waals surface area contributed by atoms with Gasteiger partial charge in [0, 0.05) is 0 Å². The van der Waals surface area contributed by atoms with Gasteiger partial charge in [0.05, 0.1) is 0 Å². The van der Waals surface area contributed by atoms with E-state index in [-0.39, 0.29) is 17.8 Å². The maximum absolute atomic E-state index is 12.9. The zero-order valence-electron chi connectivity index (χ0n) is 15.8. The van der Waals surface area contributed by atoms with Gasteiger partial charge in [0.25, 0.3) is 0 Å². The van der Waals surface area contributed by atoms with Gasteiger partial charge >= 0.3 is 15.5 Å². The van der Waals surface area contributed by atoms with Crippen LogP contribution in [0, 0.1) is 0 Å². The number of hydrogen-bond acceptors (Lipinski definition) is 4. The second kappa shape index (κ2) is 5.32. The summed E-state index contributed by atoms with van der Waals surface area (Å²) in [5.41, 5.74) is 1.74. The zero-order valence-corrected chi connectivity index (χ0v) is 17.6. The van der Waals surface area contributed by atoms with Crippen LogP contribution < -0.4 is 5.20 Å². The summed E-state index contributed by atoms with van der Waals surface area (Å²) >= 11 is 0. The van der Waals surface area contributed by atoms with E-state index in [1.807, 2.05) is 48.5 Å². The van der Waals surface area contributed by atoms with E-state index < -0.39 is 31.9 Å². The third-order valence-electron chi connectivity index (χ3n) is 7.16. The second-order valence-electron chi connectivity index (χ2n) is 8.50. The Morgan fingerprint density at radius 3 is 2.45 bits per heavy atom. The molecule has 5 N–H and O–H groups in total. The number of benzene rings is 3. The SMILES string of the molecule is O=P(O)(O)NN1C2c3cccc4c(c5ccccc5cc34)C3C4=NC3C2[N+]41P(=O)(O)O. The van der Waals surface area contributed by atoms with Gasteiger partial charge < -0.3 is 9.79 Å². The Bertz CT molecular complexity index is 1480. The highest BCUT2D eigenvalue weighted by atomic mass is 31.2. The third-order valence-corrected chi connectivity index (χ3v) is 9.08. The molecule has 0 radical (unpaired) electrons. The number of nitrogens with zero attached hydrogens (tertiary/aromatic N) is 3. The lowest BCUT2D eigenvalue weighted by Gasteiger charge is -2.56. The second-order valence-corrected chi connectivity index (χ2v) is 11.4. The summed E-state index contributed by atoms with van der Waals surface area (Å²) in [7, 11) is -9.80. The summed E-state index contributed by atoms with van der Waals surface area (Å²) < 4.78 is 23.9. The zero-order chi connectivity index (χ0) is 21.5. The van der Waals surface area contributed by atoms with Gasteiger partial charge in [0.1, 0.15) is 12.0 Å². The molecule has 3 heterocycles. The summed E-state index contributed by atoms with van der Waals surface area (Å²) in [6, 6.07) is 14.0. The molecule has 0 saturated carbocycles. The highest BCUT2D eigenvalue weighted by molar-refractivity contribution is 7.49. The minimum Gasteiger partial charge on any atom is -0.312 e. The predicted octanol–water partition coefficient (Wildman–Crippen LogP) is 2.03. The van der Waals surface area contributed by atoms with Gasteiger partial charge in [-0.1, -0.05) is 46.8 Å². The minimum absolute atomic E-state index is 0.251. The first-order valence-electron chi connectivity index (χ1n) is 9.75. The Kier molecular flexibility index (Phi) is 3.19. The molecule has 0 amide bonds. The molecule has 3 aromatic carbocycles. The Morgan fingerprint density at radius 1 is 0.968 bits per heavy atom. The van der Waals surface area contributed by atoms with E-state index in [9.17, 15) is 28.7 Å². The lowest BCUT2D eigenvalue weighted by atomic mass is 9.75.